The number of carbonyl (C=O) groups is 1. The van der Waals surface area contributed by atoms with E-state index in [-0.39, 0.29) is 10.7 Å². The third-order valence-corrected chi connectivity index (χ3v) is 5.29. The molecule has 3 rings (SSSR count). The zero-order valence-corrected chi connectivity index (χ0v) is 12.9. The SMILES string of the molecule is CCC(=O)c1cn(S(=O)(=O)c2ccccc2)c2ccccc12. The molecule has 0 unspecified atom stereocenters. The molecule has 1 aromatic heterocycles. The summed E-state index contributed by atoms with van der Waals surface area (Å²) in [5, 5.41) is 0.661. The lowest BCUT2D eigenvalue weighted by atomic mass is 10.1. The van der Waals surface area contributed by atoms with E-state index in [2.05, 4.69) is 0 Å². The summed E-state index contributed by atoms with van der Waals surface area (Å²) in [5.41, 5.74) is 0.959. The molecule has 0 saturated heterocycles. The van der Waals surface area contributed by atoms with Crippen LogP contribution in [0.15, 0.2) is 65.7 Å². The number of fused-ring (bicyclic) bond motifs is 1. The topological polar surface area (TPSA) is 56.1 Å². The van der Waals surface area contributed by atoms with Crippen LogP contribution in [0, 0.1) is 0 Å². The second-order valence-electron chi connectivity index (χ2n) is 4.95. The molecular weight excluding hydrogens is 298 g/mol. The molecule has 0 fully saturated rings. The Balaban J connectivity index is 2.31. The van der Waals surface area contributed by atoms with Crippen molar-refractivity contribution in [1.29, 1.82) is 0 Å². The fourth-order valence-corrected chi connectivity index (χ4v) is 3.86. The van der Waals surface area contributed by atoms with E-state index in [9.17, 15) is 13.2 Å². The smallest absolute Gasteiger partial charge is 0.268 e. The Kier molecular flexibility index (Phi) is 3.58. The monoisotopic (exact) mass is 313 g/mol. The number of benzene rings is 2. The molecule has 0 radical (unpaired) electrons. The Morgan fingerprint density at radius 2 is 1.64 bits per heavy atom. The van der Waals surface area contributed by atoms with Crippen molar-refractivity contribution in [2.75, 3.05) is 0 Å². The zero-order valence-electron chi connectivity index (χ0n) is 12.1. The Bertz CT molecular complexity index is 940. The van der Waals surface area contributed by atoms with Crippen molar-refractivity contribution in [3.8, 4) is 0 Å². The minimum atomic E-state index is -3.72. The van der Waals surface area contributed by atoms with Gasteiger partial charge in [-0.2, -0.15) is 0 Å². The molecule has 5 heteroatoms. The quantitative estimate of drug-likeness (QED) is 0.693. The van der Waals surface area contributed by atoms with Gasteiger partial charge in [0.25, 0.3) is 10.0 Å². The first kappa shape index (κ1) is 14.5. The normalized spacial score (nSPS) is 11.7. The number of carbonyl (C=O) groups excluding carboxylic acids is 1. The van der Waals surface area contributed by atoms with Crippen LogP contribution in [0.2, 0.25) is 0 Å². The molecule has 0 amide bonds. The van der Waals surface area contributed by atoms with Crippen molar-refractivity contribution in [1.82, 2.24) is 3.97 Å². The maximum absolute atomic E-state index is 12.8. The van der Waals surface area contributed by atoms with Gasteiger partial charge in [-0.15, -0.1) is 0 Å². The van der Waals surface area contributed by atoms with E-state index in [1.807, 2.05) is 0 Å². The number of hydrogen-bond acceptors (Lipinski definition) is 3. The van der Waals surface area contributed by atoms with Crippen LogP contribution in [-0.4, -0.2) is 18.2 Å². The lowest BCUT2D eigenvalue weighted by Crippen LogP contribution is -2.11. The minimum Gasteiger partial charge on any atom is -0.294 e. The van der Waals surface area contributed by atoms with Gasteiger partial charge in [-0.05, 0) is 18.2 Å². The van der Waals surface area contributed by atoms with E-state index in [1.165, 1.54) is 10.2 Å². The van der Waals surface area contributed by atoms with Crippen LogP contribution in [0.5, 0.6) is 0 Å². The highest BCUT2D eigenvalue weighted by atomic mass is 32.2. The van der Waals surface area contributed by atoms with E-state index in [1.54, 1.807) is 61.5 Å². The molecule has 2 aromatic carbocycles. The molecule has 0 spiro atoms. The first-order valence-corrected chi connectivity index (χ1v) is 8.43. The van der Waals surface area contributed by atoms with Crippen LogP contribution in [0.4, 0.5) is 0 Å². The maximum atomic E-state index is 12.8. The molecule has 0 atom stereocenters. The van der Waals surface area contributed by atoms with Crippen molar-refractivity contribution in [2.45, 2.75) is 18.2 Å². The molecular formula is C17H15NO3S. The van der Waals surface area contributed by atoms with Crippen LogP contribution in [0.1, 0.15) is 23.7 Å². The van der Waals surface area contributed by atoms with Crippen molar-refractivity contribution in [2.24, 2.45) is 0 Å². The van der Waals surface area contributed by atoms with Gasteiger partial charge < -0.3 is 0 Å². The van der Waals surface area contributed by atoms with Gasteiger partial charge >= 0.3 is 0 Å². The Morgan fingerprint density at radius 1 is 1.00 bits per heavy atom. The number of aromatic nitrogens is 1. The second kappa shape index (κ2) is 5.42. The highest BCUT2D eigenvalue weighted by Crippen LogP contribution is 2.26. The number of hydrogen-bond donors (Lipinski definition) is 0. The number of ketones is 1. The first-order chi connectivity index (χ1) is 10.6. The number of rotatable bonds is 4. The summed E-state index contributed by atoms with van der Waals surface area (Å²) < 4.78 is 26.8. The molecule has 0 saturated carbocycles. The van der Waals surface area contributed by atoms with Gasteiger partial charge in [0, 0.05) is 23.6 Å². The average molecular weight is 313 g/mol. The Labute approximate surface area is 129 Å². The average Bonchev–Trinajstić information content (AvgIpc) is 2.95. The molecule has 0 aliphatic heterocycles. The standard InChI is InChI=1S/C17H15NO3S/c1-2-17(19)15-12-18(16-11-7-6-10-14(15)16)22(20,21)13-8-4-3-5-9-13/h3-12H,2H2,1H3. The van der Waals surface area contributed by atoms with Crippen LogP contribution >= 0.6 is 0 Å². The minimum absolute atomic E-state index is 0.0711. The first-order valence-electron chi connectivity index (χ1n) is 6.99. The molecule has 0 N–H and O–H groups in total. The fourth-order valence-electron chi connectivity index (χ4n) is 2.47. The molecule has 4 nitrogen and oxygen atoms in total. The largest absolute Gasteiger partial charge is 0.294 e. The Hall–Kier alpha value is -2.40. The highest BCUT2D eigenvalue weighted by Gasteiger charge is 2.22. The summed E-state index contributed by atoms with van der Waals surface area (Å²) in [6, 6.07) is 15.3. The third-order valence-electron chi connectivity index (χ3n) is 3.60. The number of para-hydroxylation sites is 1. The lowest BCUT2D eigenvalue weighted by Gasteiger charge is -2.07. The Morgan fingerprint density at radius 3 is 2.32 bits per heavy atom. The van der Waals surface area contributed by atoms with E-state index in [0.717, 1.165) is 0 Å². The molecule has 0 aliphatic rings. The number of Topliss-reactive ketones (excluding diaryl/α,β-unsaturated/α-hetero) is 1. The zero-order chi connectivity index (χ0) is 15.7. The molecule has 112 valence electrons. The van der Waals surface area contributed by atoms with Gasteiger partial charge in [-0.3, -0.25) is 4.79 Å². The van der Waals surface area contributed by atoms with Crippen LogP contribution < -0.4 is 0 Å². The van der Waals surface area contributed by atoms with Crippen molar-refractivity contribution in [3.63, 3.8) is 0 Å². The predicted molar refractivity (Wildman–Crippen MR) is 85.6 cm³/mol. The summed E-state index contributed by atoms with van der Waals surface area (Å²) in [7, 11) is -3.72. The third kappa shape index (κ3) is 2.23. The van der Waals surface area contributed by atoms with E-state index < -0.39 is 10.0 Å². The fraction of sp³-hybridized carbons (Fsp3) is 0.118. The van der Waals surface area contributed by atoms with Gasteiger partial charge in [-0.25, -0.2) is 12.4 Å². The second-order valence-corrected chi connectivity index (χ2v) is 6.77. The van der Waals surface area contributed by atoms with E-state index in [0.29, 0.717) is 22.9 Å². The van der Waals surface area contributed by atoms with Crippen LogP contribution in [-0.2, 0) is 10.0 Å². The van der Waals surface area contributed by atoms with E-state index >= 15 is 0 Å². The molecule has 3 aromatic rings. The molecule has 0 bridgehead atoms. The summed E-state index contributed by atoms with van der Waals surface area (Å²) in [6.07, 6.45) is 1.76. The molecule has 22 heavy (non-hydrogen) atoms. The van der Waals surface area contributed by atoms with Crippen molar-refractivity contribution >= 4 is 26.7 Å². The molecule has 1 heterocycles. The van der Waals surface area contributed by atoms with Crippen molar-refractivity contribution < 1.29 is 13.2 Å². The van der Waals surface area contributed by atoms with Crippen LogP contribution in [0.25, 0.3) is 10.9 Å². The lowest BCUT2D eigenvalue weighted by molar-refractivity contribution is 0.0989. The van der Waals surface area contributed by atoms with Gasteiger partial charge in [0.05, 0.1) is 10.4 Å². The summed E-state index contributed by atoms with van der Waals surface area (Å²) >= 11 is 0. The van der Waals surface area contributed by atoms with Crippen LogP contribution in [0.3, 0.4) is 0 Å². The van der Waals surface area contributed by atoms with Gasteiger partial charge in [0.2, 0.25) is 0 Å². The highest BCUT2D eigenvalue weighted by molar-refractivity contribution is 7.90. The van der Waals surface area contributed by atoms with Gasteiger partial charge in [0.15, 0.2) is 5.78 Å². The van der Waals surface area contributed by atoms with Gasteiger partial charge in [-0.1, -0.05) is 43.3 Å². The molecule has 0 aliphatic carbocycles. The van der Waals surface area contributed by atoms with Gasteiger partial charge in [0.1, 0.15) is 0 Å². The maximum Gasteiger partial charge on any atom is 0.268 e. The number of nitrogens with zero attached hydrogens (tertiary/aromatic N) is 1. The predicted octanol–water partition coefficient (Wildman–Crippen LogP) is 3.47. The van der Waals surface area contributed by atoms with E-state index in [4.69, 9.17) is 0 Å². The van der Waals surface area contributed by atoms with Crippen molar-refractivity contribution in [3.05, 3.63) is 66.4 Å². The summed E-state index contributed by atoms with van der Waals surface area (Å²) in [4.78, 5) is 12.3. The summed E-state index contributed by atoms with van der Waals surface area (Å²) in [5.74, 6) is -0.0711. The summed E-state index contributed by atoms with van der Waals surface area (Å²) in [6.45, 7) is 1.76.